The van der Waals surface area contributed by atoms with E-state index in [4.69, 9.17) is 0 Å². The Kier molecular flexibility index (Phi) is 5.10. The average molecular weight is 375 g/mol. The van der Waals surface area contributed by atoms with Gasteiger partial charge in [-0.2, -0.15) is 8.42 Å². The molecule has 0 aromatic heterocycles. The van der Waals surface area contributed by atoms with Gasteiger partial charge in [0.05, 0.1) is 11.4 Å². The topological polar surface area (TPSA) is 87.6 Å². The predicted molar refractivity (Wildman–Crippen MR) is 100 cm³/mol. The molecule has 0 aliphatic carbocycles. The van der Waals surface area contributed by atoms with E-state index >= 15 is 0 Å². The molecule has 2 N–H and O–H groups in total. The number of thioether (sulfide) groups is 1. The summed E-state index contributed by atoms with van der Waals surface area (Å²) in [6.07, 6.45) is 0. The minimum Gasteiger partial charge on any atom is -0.351 e. The Morgan fingerprint density at radius 2 is 1.96 bits per heavy atom. The third kappa shape index (κ3) is 4.40. The zero-order valence-corrected chi connectivity index (χ0v) is 15.2. The number of carbonyl (C=O) groups excluding carboxylic acids is 1. The molecule has 0 atom stereocenters. The zero-order chi connectivity index (χ0) is 17.9. The van der Waals surface area contributed by atoms with Gasteiger partial charge in [0, 0.05) is 6.54 Å². The number of fused-ring (bicyclic) bond motifs is 1. The van der Waals surface area contributed by atoms with Crippen LogP contribution < -0.4 is 10.6 Å². The van der Waals surface area contributed by atoms with Gasteiger partial charge in [0.1, 0.15) is 4.90 Å². The lowest BCUT2D eigenvalue weighted by Gasteiger charge is -2.18. The third-order valence-corrected chi connectivity index (χ3v) is 5.85. The van der Waals surface area contributed by atoms with Crippen molar-refractivity contribution in [2.24, 2.45) is 4.40 Å². The zero-order valence-electron chi connectivity index (χ0n) is 13.5. The second-order valence-electron chi connectivity index (χ2n) is 5.55. The van der Waals surface area contributed by atoms with Crippen LogP contribution in [-0.4, -0.2) is 25.2 Å². The van der Waals surface area contributed by atoms with Crippen LogP contribution in [0.25, 0.3) is 0 Å². The molecule has 0 spiro atoms. The number of nitrogens with zero attached hydrogens (tertiary/aromatic N) is 1. The van der Waals surface area contributed by atoms with E-state index in [1.807, 2.05) is 37.3 Å². The Labute approximate surface area is 150 Å². The monoisotopic (exact) mass is 375 g/mol. The maximum Gasteiger partial charge on any atom is 0.286 e. The van der Waals surface area contributed by atoms with Crippen molar-refractivity contribution in [2.45, 2.75) is 18.4 Å². The van der Waals surface area contributed by atoms with Crippen LogP contribution >= 0.6 is 11.8 Å². The molecule has 25 heavy (non-hydrogen) atoms. The molecule has 0 radical (unpaired) electrons. The second-order valence-corrected chi connectivity index (χ2v) is 8.08. The molecule has 8 heteroatoms. The summed E-state index contributed by atoms with van der Waals surface area (Å²) in [5.41, 5.74) is 2.43. The van der Waals surface area contributed by atoms with E-state index in [1.54, 1.807) is 12.1 Å². The molecule has 6 nitrogen and oxygen atoms in total. The Bertz CT molecular complexity index is 925. The number of aryl methyl sites for hydroxylation is 1. The van der Waals surface area contributed by atoms with Gasteiger partial charge in [0.15, 0.2) is 5.17 Å². The molecular formula is C17H17N3O3S2. The van der Waals surface area contributed by atoms with Crippen molar-refractivity contribution in [1.29, 1.82) is 0 Å². The first-order chi connectivity index (χ1) is 11.9. The first-order valence-corrected chi connectivity index (χ1v) is 10.0. The number of amides is 1. The Morgan fingerprint density at radius 3 is 2.72 bits per heavy atom. The van der Waals surface area contributed by atoms with Crippen molar-refractivity contribution in [3.05, 3.63) is 59.7 Å². The van der Waals surface area contributed by atoms with Gasteiger partial charge in [-0.3, -0.25) is 4.79 Å². The number of benzene rings is 2. The number of hydrogen-bond acceptors (Lipinski definition) is 5. The van der Waals surface area contributed by atoms with Gasteiger partial charge in [-0.05, 0) is 30.2 Å². The molecule has 1 amide bonds. The van der Waals surface area contributed by atoms with Gasteiger partial charge in [-0.15, -0.1) is 4.40 Å². The van der Waals surface area contributed by atoms with Crippen LogP contribution in [0.4, 0.5) is 5.69 Å². The standard InChI is InChI=1S/C17H17N3O3S2/c1-12-7-8-15-14(9-12)19-17(20-25(15,22)23)24-11-16(21)18-10-13-5-3-2-4-6-13/h2-9H,10-11H2,1H3,(H,18,21)(H,19,20). The van der Waals surface area contributed by atoms with Gasteiger partial charge < -0.3 is 10.6 Å². The number of nitrogens with one attached hydrogen (secondary N) is 2. The van der Waals surface area contributed by atoms with E-state index in [9.17, 15) is 13.2 Å². The summed E-state index contributed by atoms with van der Waals surface area (Å²) >= 11 is 1.06. The molecule has 2 aromatic carbocycles. The van der Waals surface area contributed by atoms with Crippen LogP contribution in [0.15, 0.2) is 57.8 Å². The molecule has 1 heterocycles. The average Bonchev–Trinajstić information content (AvgIpc) is 2.58. The number of sulfonamides is 1. The first-order valence-electron chi connectivity index (χ1n) is 7.60. The molecule has 2 aromatic rings. The minimum absolute atomic E-state index is 0.0787. The van der Waals surface area contributed by atoms with Gasteiger partial charge in [0.2, 0.25) is 5.91 Å². The van der Waals surface area contributed by atoms with Gasteiger partial charge in [0.25, 0.3) is 10.0 Å². The van der Waals surface area contributed by atoms with Crippen LogP contribution in [-0.2, 0) is 21.4 Å². The molecular weight excluding hydrogens is 358 g/mol. The summed E-state index contributed by atoms with van der Waals surface area (Å²) in [7, 11) is -3.74. The fourth-order valence-electron chi connectivity index (χ4n) is 2.31. The number of rotatable bonds is 4. The number of anilines is 1. The second kappa shape index (κ2) is 7.28. The van der Waals surface area contributed by atoms with Crippen LogP contribution in [0.5, 0.6) is 0 Å². The molecule has 0 unspecified atom stereocenters. The van der Waals surface area contributed by atoms with E-state index in [2.05, 4.69) is 15.0 Å². The number of amidine groups is 1. The van der Waals surface area contributed by atoms with E-state index in [0.29, 0.717) is 12.2 Å². The summed E-state index contributed by atoms with van der Waals surface area (Å²) in [6, 6.07) is 14.6. The van der Waals surface area contributed by atoms with Gasteiger partial charge >= 0.3 is 0 Å². The van der Waals surface area contributed by atoms with Gasteiger partial charge in [-0.1, -0.05) is 48.2 Å². The summed E-state index contributed by atoms with van der Waals surface area (Å²) in [6.45, 7) is 2.31. The summed E-state index contributed by atoms with van der Waals surface area (Å²) < 4.78 is 28.2. The highest BCUT2D eigenvalue weighted by atomic mass is 32.2. The Balaban J connectivity index is 1.60. The van der Waals surface area contributed by atoms with E-state index in [0.717, 1.165) is 22.9 Å². The van der Waals surface area contributed by atoms with Crippen molar-refractivity contribution in [2.75, 3.05) is 11.1 Å². The first kappa shape index (κ1) is 17.5. The minimum atomic E-state index is -3.74. The maximum absolute atomic E-state index is 12.2. The van der Waals surface area contributed by atoms with E-state index < -0.39 is 10.0 Å². The number of hydrogen-bond donors (Lipinski definition) is 2. The van der Waals surface area contributed by atoms with Crippen molar-refractivity contribution >= 4 is 38.5 Å². The highest BCUT2D eigenvalue weighted by molar-refractivity contribution is 8.15. The van der Waals surface area contributed by atoms with Crippen LogP contribution in [0.2, 0.25) is 0 Å². The fourth-order valence-corrected chi connectivity index (χ4v) is 4.35. The summed E-state index contributed by atoms with van der Waals surface area (Å²) in [5, 5.41) is 5.97. The van der Waals surface area contributed by atoms with Crippen LogP contribution in [0, 0.1) is 6.92 Å². The lowest BCUT2D eigenvalue weighted by Crippen LogP contribution is -2.27. The molecule has 0 saturated heterocycles. The molecule has 1 aliphatic heterocycles. The Hall–Kier alpha value is -2.32. The highest BCUT2D eigenvalue weighted by Gasteiger charge is 2.25. The van der Waals surface area contributed by atoms with Crippen molar-refractivity contribution in [3.63, 3.8) is 0 Å². The molecule has 0 fully saturated rings. The summed E-state index contributed by atoms with van der Waals surface area (Å²) in [5.74, 6) is -0.110. The van der Waals surface area contributed by atoms with Gasteiger partial charge in [-0.25, -0.2) is 0 Å². The SMILES string of the molecule is Cc1ccc2c(c1)NC(SCC(=O)NCc1ccccc1)=NS2(=O)=O. The molecule has 0 saturated carbocycles. The fraction of sp³-hybridized carbons (Fsp3) is 0.176. The molecule has 1 aliphatic rings. The van der Waals surface area contributed by atoms with Crippen molar-refractivity contribution < 1.29 is 13.2 Å². The largest absolute Gasteiger partial charge is 0.351 e. The van der Waals surface area contributed by atoms with Crippen molar-refractivity contribution in [1.82, 2.24) is 5.32 Å². The lowest BCUT2D eigenvalue weighted by atomic mass is 10.2. The molecule has 3 rings (SSSR count). The summed E-state index contributed by atoms with van der Waals surface area (Å²) in [4.78, 5) is 12.1. The van der Waals surface area contributed by atoms with Crippen molar-refractivity contribution in [3.8, 4) is 0 Å². The quantitative estimate of drug-likeness (QED) is 0.857. The van der Waals surface area contributed by atoms with E-state index in [1.165, 1.54) is 6.07 Å². The Morgan fingerprint density at radius 1 is 1.20 bits per heavy atom. The smallest absolute Gasteiger partial charge is 0.286 e. The highest BCUT2D eigenvalue weighted by Crippen LogP contribution is 2.30. The third-order valence-electron chi connectivity index (χ3n) is 3.53. The maximum atomic E-state index is 12.2. The molecule has 0 bridgehead atoms. The number of carbonyl (C=O) groups is 1. The van der Waals surface area contributed by atoms with Crippen LogP contribution in [0.1, 0.15) is 11.1 Å². The van der Waals surface area contributed by atoms with Crippen LogP contribution in [0.3, 0.4) is 0 Å². The van der Waals surface area contributed by atoms with E-state index in [-0.39, 0.29) is 21.7 Å². The lowest BCUT2D eigenvalue weighted by molar-refractivity contribution is -0.118. The predicted octanol–water partition coefficient (Wildman–Crippen LogP) is 2.51. The normalized spacial score (nSPS) is 14.8. The molecule has 130 valence electrons.